The molecule has 2 rings (SSSR count). The van der Waals surface area contributed by atoms with E-state index in [0.29, 0.717) is 5.69 Å². The highest BCUT2D eigenvalue weighted by Crippen LogP contribution is 2.19. The number of esters is 1. The molecule has 0 aliphatic rings. The van der Waals surface area contributed by atoms with Crippen molar-refractivity contribution < 1.29 is 36.3 Å². The number of anilines is 1. The standard InChI is InChI=1S/C19H18F2N2O6S/c1-11-3-8-15(12(2)9-11)22-19(26)23-16(24)10-29-17(25)13-4-6-14(7-5-13)30(27,28)18(20)21/h3-9,18H,10H2,1-2H3,(H2,22,23,24,26). The predicted octanol–water partition coefficient (Wildman–Crippen LogP) is 2.80. The van der Waals surface area contributed by atoms with Gasteiger partial charge in [0.2, 0.25) is 9.84 Å². The topological polar surface area (TPSA) is 119 Å². The molecule has 0 saturated carbocycles. The third kappa shape index (κ3) is 5.83. The number of carbonyl (C=O) groups is 3. The van der Waals surface area contributed by atoms with E-state index in [2.05, 4.69) is 5.32 Å². The fourth-order valence-electron chi connectivity index (χ4n) is 2.37. The SMILES string of the molecule is Cc1ccc(NC(=O)NC(=O)COC(=O)c2ccc(S(=O)(=O)C(F)F)cc2)c(C)c1. The monoisotopic (exact) mass is 440 g/mol. The fraction of sp³-hybridized carbons (Fsp3) is 0.211. The lowest BCUT2D eigenvalue weighted by molar-refractivity contribution is -0.123. The van der Waals surface area contributed by atoms with Crippen LogP contribution in [0.3, 0.4) is 0 Å². The Balaban J connectivity index is 1.88. The van der Waals surface area contributed by atoms with Crippen LogP contribution in [0.15, 0.2) is 47.4 Å². The summed E-state index contributed by atoms with van der Waals surface area (Å²) in [4.78, 5) is 34.9. The zero-order chi connectivity index (χ0) is 22.5. The summed E-state index contributed by atoms with van der Waals surface area (Å²) < 4.78 is 52.4. The number of benzene rings is 2. The summed E-state index contributed by atoms with van der Waals surface area (Å²) in [6.45, 7) is 2.89. The first-order valence-corrected chi connectivity index (χ1v) is 10.0. The van der Waals surface area contributed by atoms with E-state index in [9.17, 15) is 31.6 Å². The molecule has 2 N–H and O–H groups in total. The summed E-state index contributed by atoms with van der Waals surface area (Å²) in [7, 11) is -4.78. The summed E-state index contributed by atoms with van der Waals surface area (Å²) in [5, 5.41) is 4.48. The Morgan fingerprint density at radius 2 is 1.67 bits per heavy atom. The molecule has 0 radical (unpaired) electrons. The highest BCUT2D eigenvalue weighted by atomic mass is 32.2. The van der Waals surface area contributed by atoms with Crippen molar-refractivity contribution in [2.24, 2.45) is 0 Å². The van der Waals surface area contributed by atoms with Gasteiger partial charge in [-0.15, -0.1) is 0 Å². The van der Waals surface area contributed by atoms with Crippen LogP contribution in [0, 0.1) is 13.8 Å². The van der Waals surface area contributed by atoms with Crippen molar-refractivity contribution >= 4 is 33.4 Å². The largest absolute Gasteiger partial charge is 0.452 e. The van der Waals surface area contributed by atoms with Gasteiger partial charge >= 0.3 is 17.8 Å². The highest BCUT2D eigenvalue weighted by molar-refractivity contribution is 7.91. The Morgan fingerprint density at radius 3 is 2.23 bits per heavy atom. The van der Waals surface area contributed by atoms with E-state index in [1.54, 1.807) is 19.1 Å². The third-order valence-corrected chi connectivity index (χ3v) is 5.27. The van der Waals surface area contributed by atoms with E-state index < -0.39 is 45.0 Å². The summed E-state index contributed by atoms with van der Waals surface area (Å²) in [6, 6.07) is 8.09. The van der Waals surface area contributed by atoms with E-state index in [-0.39, 0.29) is 5.56 Å². The van der Waals surface area contributed by atoms with E-state index >= 15 is 0 Å². The molecule has 11 heteroatoms. The number of hydrogen-bond acceptors (Lipinski definition) is 6. The van der Waals surface area contributed by atoms with Crippen LogP contribution >= 0.6 is 0 Å². The number of rotatable bonds is 6. The second kappa shape index (κ2) is 9.44. The molecule has 2 aromatic rings. The molecule has 30 heavy (non-hydrogen) atoms. The van der Waals surface area contributed by atoms with Crippen molar-refractivity contribution in [2.45, 2.75) is 24.5 Å². The number of imide groups is 1. The minimum absolute atomic E-state index is 0.157. The average molecular weight is 440 g/mol. The Labute approximate surface area is 171 Å². The lowest BCUT2D eigenvalue weighted by Crippen LogP contribution is -2.37. The van der Waals surface area contributed by atoms with Crippen molar-refractivity contribution in [3.63, 3.8) is 0 Å². The minimum Gasteiger partial charge on any atom is -0.452 e. The molecule has 0 aromatic heterocycles. The third-order valence-electron chi connectivity index (χ3n) is 3.87. The number of alkyl halides is 2. The number of hydrogen-bond donors (Lipinski definition) is 2. The maximum absolute atomic E-state index is 12.5. The Bertz CT molecular complexity index is 1070. The maximum Gasteiger partial charge on any atom is 0.341 e. The van der Waals surface area contributed by atoms with Gasteiger partial charge in [-0.3, -0.25) is 10.1 Å². The Morgan fingerprint density at radius 1 is 1.03 bits per heavy atom. The van der Waals surface area contributed by atoms with Crippen LogP contribution in [0.5, 0.6) is 0 Å². The van der Waals surface area contributed by atoms with Crippen molar-refractivity contribution in [3.8, 4) is 0 Å². The van der Waals surface area contributed by atoms with Gasteiger partial charge < -0.3 is 10.1 Å². The molecule has 3 amide bonds. The average Bonchev–Trinajstić information content (AvgIpc) is 2.68. The predicted molar refractivity (Wildman–Crippen MR) is 103 cm³/mol. The first-order chi connectivity index (χ1) is 14.0. The van der Waals surface area contributed by atoms with Crippen molar-refractivity contribution in [1.29, 1.82) is 0 Å². The lowest BCUT2D eigenvalue weighted by Gasteiger charge is -2.10. The molecule has 0 fully saturated rings. The molecule has 0 aliphatic carbocycles. The molecule has 0 atom stereocenters. The molecule has 0 aliphatic heterocycles. The molecule has 0 spiro atoms. The summed E-state index contributed by atoms with van der Waals surface area (Å²) in [6.07, 6.45) is 0. The molecule has 0 saturated heterocycles. The van der Waals surface area contributed by atoms with E-state index in [1.165, 1.54) is 0 Å². The number of amides is 3. The maximum atomic E-state index is 12.5. The van der Waals surface area contributed by atoms with Gasteiger partial charge in [-0.1, -0.05) is 17.7 Å². The normalized spacial score (nSPS) is 11.1. The van der Waals surface area contributed by atoms with Gasteiger partial charge in [-0.05, 0) is 49.7 Å². The molecule has 8 nitrogen and oxygen atoms in total. The first-order valence-electron chi connectivity index (χ1n) is 8.48. The summed E-state index contributed by atoms with van der Waals surface area (Å²) in [5.41, 5.74) is 2.14. The number of ether oxygens (including phenoxy) is 1. The second-order valence-electron chi connectivity index (χ2n) is 6.23. The van der Waals surface area contributed by atoms with Crippen LogP contribution < -0.4 is 10.6 Å². The van der Waals surface area contributed by atoms with Gasteiger partial charge in [0.15, 0.2) is 6.61 Å². The van der Waals surface area contributed by atoms with Gasteiger partial charge in [0.25, 0.3) is 5.91 Å². The number of halogens is 2. The van der Waals surface area contributed by atoms with Gasteiger partial charge in [0.05, 0.1) is 10.5 Å². The molecule has 0 heterocycles. The van der Waals surface area contributed by atoms with Crippen LogP contribution in [-0.2, 0) is 19.4 Å². The lowest BCUT2D eigenvalue weighted by atomic mass is 10.1. The number of carbonyl (C=O) groups excluding carboxylic acids is 3. The molecule has 2 aromatic carbocycles. The van der Waals surface area contributed by atoms with Crippen LogP contribution in [0.2, 0.25) is 0 Å². The van der Waals surface area contributed by atoms with Crippen molar-refractivity contribution in [1.82, 2.24) is 5.32 Å². The first kappa shape index (κ1) is 22.9. The molecule has 160 valence electrons. The molecule has 0 bridgehead atoms. The second-order valence-corrected chi connectivity index (χ2v) is 8.14. The Kier molecular flexibility index (Phi) is 7.22. The quantitative estimate of drug-likeness (QED) is 0.667. The zero-order valence-corrected chi connectivity index (χ0v) is 16.8. The van der Waals surface area contributed by atoms with Crippen LogP contribution in [0.25, 0.3) is 0 Å². The zero-order valence-electron chi connectivity index (χ0n) is 15.9. The van der Waals surface area contributed by atoms with Crippen LogP contribution in [-0.4, -0.2) is 38.7 Å². The van der Waals surface area contributed by atoms with Crippen molar-refractivity contribution in [2.75, 3.05) is 11.9 Å². The highest BCUT2D eigenvalue weighted by Gasteiger charge is 2.26. The fourth-order valence-corrected chi connectivity index (χ4v) is 3.09. The molecular formula is C19H18F2N2O6S. The number of sulfone groups is 1. The van der Waals surface area contributed by atoms with E-state index in [0.717, 1.165) is 35.4 Å². The smallest absolute Gasteiger partial charge is 0.341 e. The summed E-state index contributed by atoms with van der Waals surface area (Å²) >= 11 is 0. The van der Waals surface area contributed by atoms with Crippen LogP contribution in [0.1, 0.15) is 21.5 Å². The van der Waals surface area contributed by atoms with Crippen LogP contribution in [0.4, 0.5) is 19.3 Å². The van der Waals surface area contributed by atoms with Crippen molar-refractivity contribution in [3.05, 3.63) is 59.2 Å². The Hall–Kier alpha value is -3.34. The van der Waals surface area contributed by atoms with Gasteiger partial charge in [-0.25, -0.2) is 18.0 Å². The van der Waals surface area contributed by atoms with Gasteiger partial charge in [0, 0.05) is 5.69 Å². The molecular weight excluding hydrogens is 422 g/mol. The minimum atomic E-state index is -4.78. The van der Waals surface area contributed by atoms with Gasteiger partial charge in [-0.2, -0.15) is 8.78 Å². The van der Waals surface area contributed by atoms with E-state index in [4.69, 9.17) is 4.74 Å². The molecule has 0 unspecified atom stereocenters. The van der Waals surface area contributed by atoms with Gasteiger partial charge in [0.1, 0.15) is 0 Å². The number of nitrogens with one attached hydrogen (secondary N) is 2. The number of aryl methyl sites for hydroxylation is 2. The van der Waals surface area contributed by atoms with E-state index in [1.807, 2.05) is 18.3 Å². The summed E-state index contributed by atoms with van der Waals surface area (Å²) in [5.74, 6) is -5.49. The number of urea groups is 1.